The van der Waals surface area contributed by atoms with Gasteiger partial charge < -0.3 is 14.2 Å². The Kier molecular flexibility index (Phi) is 6.47. The van der Waals surface area contributed by atoms with Crippen molar-refractivity contribution in [1.82, 2.24) is 0 Å². The molecule has 0 radical (unpaired) electrons. The van der Waals surface area contributed by atoms with E-state index < -0.39 is 0 Å². The van der Waals surface area contributed by atoms with Crippen molar-refractivity contribution in [3.05, 3.63) is 90.0 Å². The highest BCUT2D eigenvalue weighted by molar-refractivity contribution is 5.72. The smallest absolute Gasteiger partial charge is 0.311 e. The van der Waals surface area contributed by atoms with Crippen LogP contribution in [0.2, 0.25) is 0 Å². The highest BCUT2D eigenvalue weighted by Crippen LogP contribution is 2.19. The van der Waals surface area contributed by atoms with Crippen molar-refractivity contribution < 1.29 is 19.0 Å². The Morgan fingerprint density at radius 2 is 1.37 bits per heavy atom. The van der Waals surface area contributed by atoms with Gasteiger partial charge in [-0.15, -0.1) is 0 Å². The number of methoxy groups -OCH3 is 1. The van der Waals surface area contributed by atoms with Gasteiger partial charge in [-0.3, -0.25) is 4.79 Å². The molecule has 3 aromatic rings. The van der Waals surface area contributed by atoms with E-state index in [1.54, 1.807) is 31.4 Å². The maximum atomic E-state index is 12.0. The molecule has 0 atom stereocenters. The molecule has 0 unspecified atom stereocenters. The normalized spacial score (nSPS) is 10.3. The molecule has 0 saturated heterocycles. The first-order valence-electron chi connectivity index (χ1n) is 8.83. The summed E-state index contributed by atoms with van der Waals surface area (Å²) in [7, 11) is 1.63. The van der Waals surface area contributed by atoms with E-state index >= 15 is 0 Å². The summed E-state index contributed by atoms with van der Waals surface area (Å²) < 4.78 is 16.2. The summed E-state index contributed by atoms with van der Waals surface area (Å²) in [5.74, 6) is 1.79. The number of hydrogen-bond acceptors (Lipinski definition) is 4. The highest BCUT2D eigenvalue weighted by atomic mass is 16.5. The molecule has 0 aliphatic carbocycles. The lowest BCUT2D eigenvalue weighted by Gasteiger charge is -2.08. The summed E-state index contributed by atoms with van der Waals surface area (Å²) >= 11 is 0. The molecule has 0 aliphatic heterocycles. The van der Waals surface area contributed by atoms with Gasteiger partial charge in [0.05, 0.1) is 7.11 Å². The first-order chi connectivity index (χ1) is 13.2. The molecule has 138 valence electrons. The average molecular weight is 362 g/mol. The Hall–Kier alpha value is -3.27. The molecular weight excluding hydrogens is 340 g/mol. The lowest BCUT2D eigenvalue weighted by molar-refractivity contribution is -0.134. The monoisotopic (exact) mass is 362 g/mol. The van der Waals surface area contributed by atoms with Crippen molar-refractivity contribution in [2.24, 2.45) is 0 Å². The average Bonchev–Trinajstić information content (AvgIpc) is 2.73. The van der Waals surface area contributed by atoms with E-state index in [0.717, 1.165) is 22.6 Å². The second-order valence-electron chi connectivity index (χ2n) is 6.07. The zero-order valence-electron chi connectivity index (χ0n) is 15.3. The van der Waals surface area contributed by atoms with Crippen LogP contribution in [0.1, 0.15) is 17.5 Å². The SMILES string of the molecule is COc1ccc(CCC(=O)Oc2ccc(OCc3ccccc3)cc2)cc1. The lowest BCUT2D eigenvalue weighted by Crippen LogP contribution is -2.09. The molecule has 0 fully saturated rings. The van der Waals surface area contributed by atoms with Gasteiger partial charge >= 0.3 is 5.97 Å². The van der Waals surface area contributed by atoms with E-state index in [1.165, 1.54) is 0 Å². The van der Waals surface area contributed by atoms with Gasteiger partial charge in [-0.2, -0.15) is 0 Å². The topological polar surface area (TPSA) is 44.8 Å². The Balaban J connectivity index is 1.45. The third-order valence-corrected chi connectivity index (χ3v) is 4.08. The van der Waals surface area contributed by atoms with Crippen LogP contribution in [0.4, 0.5) is 0 Å². The van der Waals surface area contributed by atoms with Crippen molar-refractivity contribution in [2.75, 3.05) is 7.11 Å². The van der Waals surface area contributed by atoms with Crippen molar-refractivity contribution in [3.63, 3.8) is 0 Å². The van der Waals surface area contributed by atoms with Gasteiger partial charge in [-0.05, 0) is 53.9 Å². The standard InChI is InChI=1S/C23H22O4/c1-25-20-10-7-18(8-11-20)9-16-23(24)27-22-14-12-21(13-15-22)26-17-19-5-3-2-4-6-19/h2-8,10-15H,9,16-17H2,1H3. The first-order valence-corrected chi connectivity index (χ1v) is 8.83. The molecule has 3 rings (SSSR count). The molecule has 0 bridgehead atoms. The number of aryl methyl sites for hydroxylation is 1. The fourth-order valence-corrected chi connectivity index (χ4v) is 2.57. The van der Waals surface area contributed by atoms with E-state index in [0.29, 0.717) is 25.2 Å². The highest BCUT2D eigenvalue weighted by Gasteiger charge is 2.06. The van der Waals surface area contributed by atoms with E-state index in [1.807, 2.05) is 54.6 Å². The van der Waals surface area contributed by atoms with Crippen LogP contribution in [-0.2, 0) is 17.8 Å². The van der Waals surface area contributed by atoms with Crippen LogP contribution in [0.3, 0.4) is 0 Å². The maximum absolute atomic E-state index is 12.0. The summed E-state index contributed by atoms with van der Waals surface area (Å²) in [6, 6.07) is 24.7. The van der Waals surface area contributed by atoms with Crippen molar-refractivity contribution in [2.45, 2.75) is 19.4 Å². The molecule has 4 nitrogen and oxygen atoms in total. The van der Waals surface area contributed by atoms with Crippen molar-refractivity contribution in [1.29, 1.82) is 0 Å². The number of esters is 1. The van der Waals surface area contributed by atoms with Gasteiger partial charge in [0.2, 0.25) is 0 Å². The van der Waals surface area contributed by atoms with Crippen LogP contribution < -0.4 is 14.2 Å². The second-order valence-corrected chi connectivity index (χ2v) is 6.07. The van der Waals surface area contributed by atoms with Crippen LogP contribution in [0.5, 0.6) is 17.2 Å². The summed E-state index contributed by atoms with van der Waals surface area (Å²) in [6.45, 7) is 0.502. The fraction of sp³-hybridized carbons (Fsp3) is 0.174. The van der Waals surface area contributed by atoms with Crippen LogP contribution in [0.15, 0.2) is 78.9 Å². The first kappa shape index (κ1) is 18.5. The van der Waals surface area contributed by atoms with Crippen molar-refractivity contribution in [3.8, 4) is 17.2 Å². The fourth-order valence-electron chi connectivity index (χ4n) is 2.57. The summed E-state index contributed by atoms with van der Waals surface area (Å²) in [5, 5.41) is 0. The molecule has 0 N–H and O–H groups in total. The largest absolute Gasteiger partial charge is 0.497 e. The number of hydrogen-bond donors (Lipinski definition) is 0. The summed E-state index contributed by atoms with van der Waals surface area (Å²) in [4.78, 5) is 12.0. The van der Waals surface area contributed by atoms with Crippen LogP contribution in [0.25, 0.3) is 0 Å². The predicted molar refractivity (Wildman–Crippen MR) is 104 cm³/mol. The Bertz CT molecular complexity index is 840. The van der Waals surface area contributed by atoms with E-state index in [2.05, 4.69) is 0 Å². The molecule has 0 aliphatic rings. The molecular formula is C23H22O4. The zero-order chi connectivity index (χ0) is 18.9. The van der Waals surface area contributed by atoms with E-state index in [4.69, 9.17) is 14.2 Å². The second kappa shape index (κ2) is 9.43. The lowest BCUT2D eigenvalue weighted by atomic mass is 10.1. The van der Waals surface area contributed by atoms with E-state index in [-0.39, 0.29) is 5.97 Å². The Labute approximate surface area is 159 Å². The predicted octanol–water partition coefficient (Wildman–Crippen LogP) is 4.81. The number of carbonyl (C=O) groups excluding carboxylic acids is 1. The zero-order valence-corrected chi connectivity index (χ0v) is 15.3. The molecule has 0 saturated carbocycles. The maximum Gasteiger partial charge on any atom is 0.311 e. The third kappa shape index (κ3) is 5.89. The van der Waals surface area contributed by atoms with Crippen LogP contribution in [-0.4, -0.2) is 13.1 Å². The minimum Gasteiger partial charge on any atom is -0.497 e. The van der Waals surface area contributed by atoms with Gasteiger partial charge in [-0.25, -0.2) is 0 Å². The van der Waals surface area contributed by atoms with E-state index in [9.17, 15) is 4.79 Å². The number of rotatable bonds is 8. The Morgan fingerprint density at radius 1 is 0.741 bits per heavy atom. The summed E-state index contributed by atoms with van der Waals surface area (Å²) in [5.41, 5.74) is 2.17. The molecule has 0 heterocycles. The van der Waals surface area contributed by atoms with Gasteiger partial charge in [-0.1, -0.05) is 42.5 Å². The van der Waals surface area contributed by atoms with Gasteiger partial charge in [0.1, 0.15) is 23.9 Å². The molecule has 4 heteroatoms. The molecule has 0 amide bonds. The number of ether oxygens (including phenoxy) is 3. The molecule has 0 spiro atoms. The summed E-state index contributed by atoms with van der Waals surface area (Å²) in [6.07, 6.45) is 0.944. The minimum atomic E-state index is -0.260. The van der Waals surface area contributed by atoms with Gasteiger partial charge in [0, 0.05) is 6.42 Å². The number of carbonyl (C=O) groups is 1. The molecule has 27 heavy (non-hydrogen) atoms. The Morgan fingerprint density at radius 3 is 2.04 bits per heavy atom. The third-order valence-electron chi connectivity index (χ3n) is 4.08. The molecule has 0 aromatic heterocycles. The number of benzene rings is 3. The van der Waals surface area contributed by atoms with Gasteiger partial charge in [0.25, 0.3) is 0 Å². The minimum absolute atomic E-state index is 0.260. The van der Waals surface area contributed by atoms with Gasteiger partial charge in [0.15, 0.2) is 0 Å². The van der Waals surface area contributed by atoms with Crippen molar-refractivity contribution >= 4 is 5.97 Å². The molecule has 3 aromatic carbocycles. The van der Waals surface area contributed by atoms with Crippen LogP contribution in [0, 0.1) is 0 Å². The quantitative estimate of drug-likeness (QED) is 0.426. The van der Waals surface area contributed by atoms with Crippen LogP contribution >= 0.6 is 0 Å².